The maximum Gasteiger partial charge on any atom is 0.246 e. The topological polar surface area (TPSA) is 59.1 Å². The van der Waals surface area contributed by atoms with E-state index in [0.29, 0.717) is 37.4 Å². The van der Waals surface area contributed by atoms with Crippen molar-refractivity contribution in [3.05, 3.63) is 127 Å². The third-order valence-corrected chi connectivity index (χ3v) is 8.79. The summed E-state index contributed by atoms with van der Waals surface area (Å²) >= 11 is 0. The van der Waals surface area contributed by atoms with Gasteiger partial charge in [-0.2, -0.15) is 0 Å². The monoisotopic (exact) mass is 648 g/mol. The van der Waals surface area contributed by atoms with Crippen molar-refractivity contribution < 1.29 is 27.8 Å². The van der Waals surface area contributed by atoms with Gasteiger partial charge in [0.25, 0.3) is 0 Å². The standard InChI is InChI=1S/C40H38F2N2O4/c1-2-39(45)43-22-20-38(35(41)26-43)48-33-18-16-30(34(25-33)29-12-7-4-8-13-29)17-19-40(46)44-23-21-37(36(42)27-44)47-32-15-9-14-31(24-32)28-10-5-3-6-11-28/h2-19,24-25,35-38H,1,20-23,26-27H2/b19-17+/t35-,36-,37-,38+/m1/s1. The highest BCUT2D eigenvalue weighted by Crippen LogP contribution is 2.32. The Morgan fingerprint density at radius 3 is 1.83 bits per heavy atom. The van der Waals surface area contributed by atoms with E-state index in [9.17, 15) is 14.0 Å². The molecule has 4 aromatic carbocycles. The van der Waals surface area contributed by atoms with E-state index in [0.717, 1.165) is 27.8 Å². The fourth-order valence-corrected chi connectivity index (χ4v) is 6.18. The molecule has 8 heteroatoms. The van der Waals surface area contributed by atoms with Crippen molar-refractivity contribution in [3.63, 3.8) is 0 Å². The quantitative estimate of drug-likeness (QED) is 0.176. The van der Waals surface area contributed by atoms with Gasteiger partial charge in [0.15, 0.2) is 12.3 Å². The number of rotatable bonds is 9. The summed E-state index contributed by atoms with van der Waals surface area (Å²) in [5, 5.41) is 0. The van der Waals surface area contributed by atoms with Gasteiger partial charge in [-0.15, -0.1) is 0 Å². The normalized spacial score (nSPS) is 21.1. The predicted molar refractivity (Wildman–Crippen MR) is 184 cm³/mol. The third-order valence-electron chi connectivity index (χ3n) is 8.79. The van der Waals surface area contributed by atoms with E-state index in [-0.39, 0.29) is 24.9 Å². The molecular formula is C40H38F2N2O4. The first-order valence-electron chi connectivity index (χ1n) is 16.2. The van der Waals surface area contributed by atoms with Crippen molar-refractivity contribution in [2.24, 2.45) is 0 Å². The Bertz CT molecular complexity index is 1760. The van der Waals surface area contributed by atoms with Gasteiger partial charge in [0, 0.05) is 32.0 Å². The maximum atomic E-state index is 15.4. The van der Waals surface area contributed by atoms with Crippen LogP contribution in [0, 0.1) is 0 Å². The van der Waals surface area contributed by atoms with Crippen LogP contribution in [0.2, 0.25) is 0 Å². The number of carbonyl (C=O) groups excluding carboxylic acids is 2. The van der Waals surface area contributed by atoms with Crippen LogP contribution in [0.5, 0.6) is 11.5 Å². The van der Waals surface area contributed by atoms with Crippen molar-refractivity contribution >= 4 is 17.9 Å². The van der Waals surface area contributed by atoms with E-state index < -0.39 is 24.6 Å². The van der Waals surface area contributed by atoms with Crippen molar-refractivity contribution in [1.29, 1.82) is 0 Å². The molecule has 6 rings (SSSR count). The Balaban J connectivity index is 1.10. The first-order chi connectivity index (χ1) is 23.4. The van der Waals surface area contributed by atoms with Crippen LogP contribution in [0.1, 0.15) is 18.4 Å². The number of halogens is 2. The number of amides is 2. The number of hydrogen-bond acceptors (Lipinski definition) is 4. The lowest BCUT2D eigenvalue weighted by atomic mass is 9.98. The van der Waals surface area contributed by atoms with Crippen LogP contribution in [0.15, 0.2) is 122 Å². The van der Waals surface area contributed by atoms with E-state index in [1.807, 2.05) is 97.1 Å². The lowest BCUT2D eigenvalue weighted by Gasteiger charge is -2.34. The number of likely N-dealkylation sites (tertiary alicyclic amines) is 2. The molecule has 0 N–H and O–H groups in total. The molecule has 246 valence electrons. The fourth-order valence-electron chi connectivity index (χ4n) is 6.18. The molecule has 2 aliphatic heterocycles. The van der Waals surface area contributed by atoms with Crippen molar-refractivity contribution in [3.8, 4) is 33.8 Å². The Morgan fingerprint density at radius 2 is 1.23 bits per heavy atom. The summed E-state index contributed by atoms with van der Waals surface area (Å²) in [6.07, 6.45) is 1.07. The van der Waals surface area contributed by atoms with E-state index in [1.54, 1.807) is 12.1 Å². The number of carbonyl (C=O) groups is 2. The highest BCUT2D eigenvalue weighted by Gasteiger charge is 2.33. The van der Waals surface area contributed by atoms with Gasteiger partial charge in [-0.05, 0) is 64.2 Å². The summed E-state index contributed by atoms with van der Waals surface area (Å²) in [7, 11) is 0. The van der Waals surface area contributed by atoms with E-state index >= 15 is 4.39 Å². The Morgan fingerprint density at radius 1 is 0.667 bits per heavy atom. The molecule has 2 amide bonds. The second kappa shape index (κ2) is 15.1. The SMILES string of the molecule is C=CC(=O)N1CC[C@H](Oc2ccc(/C=C/C(=O)N3CC[C@@H](Oc4cccc(-c5ccccc5)c4)[C@H](F)C3)c(-c3ccccc3)c2)[C@H](F)C1. The van der Waals surface area contributed by atoms with Gasteiger partial charge in [0.2, 0.25) is 11.8 Å². The van der Waals surface area contributed by atoms with E-state index in [4.69, 9.17) is 9.47 Å². The first kappa shape index (κ1) is 32.7. The van der Waals surface area contributed by atoms with Gasteiger partial charge in [-0.3, -0.25) is 9.59 Å². The first-order valence-corrected chi connectivity index (χ1v) is 16.2. The van der Waals surface area contributed by atoms with E-state index in [2.05, 4.69) is 6.58 Å². The van der Waals surface area contributed by atoms with Crippen molar-refractivity contribution in [2.75, 3.05) is 26.2 Å². The van der Waals surface area contributed by atoms with Crippen molar-refractivity contribution in [2.45, 2.75) is 37.4 Å². The molecule has 0 radical (unpaired) electrons. The number of hydrogen-bond donors (Lipinski definition) is 0. The number of piperidine rings is 2. The van der Waals surface area contributed by atoms with Crippen LogP contribution < -0.4 is 9.47 Å². The molecule has 0 unspecified atom stereocenters. The van der Waals surface area contributed by atoms with Crippen LogP contribution in [-0.4, -0.2) is 72.3 Å². The zero-order chi connectivity index (χ0) is 33.5. The van der Waals surface area contributed by atoms with Crippen LogP contribution in [-0.2, 0) is 9.59 Å². The highest BCUT2D eigenvalue weighted by molar-refractivity contribution is 5.93. The fraction of sp³-hybridized carbons (Fsp3) is 0.250. The van der Waals surface area contributed by atoms with Gasteiger partial charge in [0.05, 0.1) is 13.1 Å². The molecule has 0 spiro atoms. The second-order valence-corrected chi connectivity index (χ2v) is 12.0. The van der Waals surface area contributed by atoms with Crippen LogP contribution in [0.4, 0.5) is 8.78 Å². The second-order valence-electron chi connectivity index (χ2n) is 12.0. The summed E-state index contributed by atoms with van der Waals surface area (Å²) < 4.78 is 42.4. The minimum atomic E-state index is -1.34. The molecule has 0 saturated carbocycles. The van der Waals surface area contributed by atoms with Crippen molar-refractivity contribution in [1.82, 2.24) is 9.80 Å². The van der Waals surface area contributed by atoms with Crippen LogP contribution >= 0.6 is 0 Å². The molecule has 0 bridgehead atoms. The third kappa shape index (κ3) is 7.82. The summed E-state index contributed by atoms with van der Waals surface area (Å²) in [4.78, 5) is 28.1. The van der Waals surface area contributed by atoms with Crippen LogP contribution in [0.3, 0.4) is 0 Å². The van der Waals surface area contributed by atoms with E-state index in [1.165, 1.54) is 22.0 Å². The minimum absolute atomic E-state index is 0.0471. The average Bonchev–Trinajstić information content (AvgIpc) is 3.13. The molecule has 6 nitrogen and oxygen atoms in total. The summed E-state index contributed by atoms with van der Waals surface area (Å²) in [5.74, 6) is 0.505. The molecule has 4 aromatic rings. The molecule has 0 aliphatic carbocycles. The Hall–Kier alpha value is -5.24. The Labute approximate surface area is 279 Å². The zero-order valence-corrected chi connectivity index (χ0v) is 26.6. The zero-order valence-electron chi connectivity index (χ0n) is 26.6. The lowest BCUT2D eigenvalue weighted by Crippen LogP contribution is -2.48. The molecule has 48 heavy (non-hydrogen) atoms. The van der Waals surface area contributed by atoms with Gasteiger partial charge >= 0.3 is 0 Å². The van der Waals surface area contributed by atoms with Gasteiger partial charge < -0.3 is 19.3 Å². The average molecular weight is 649 g/mol. The smallest absolute Gasteiger partial charge is 0.246 e. The molecule has 2 heterocycles. The van der Waals surface area contributed by atoms with Gasteiger partial charge in [-0.25, -0.2) is 8.78 Å². The molecule has 0 aromatic heterocycles. The number of alkyl halides is 2. The molecule has 2 fully saturated rings. The maximum absolute atomic E-state index is 15.4. The molecule has 2 saturated heterocycles. The molecule has 2 aliphatic rings. The predicted octanol–water partition coefficient (Wildman–Crippen LogP) is 7.56. The summed E-state index contributed by atoms with van der Waals surface area (Å²) in [6, 6.07) is 32.6. The van der Waals surface area contributed by atoms with Gasteiger partial charge in [0.1, 0.15) is 23.7 Å². The number of benzene rings is 4. The highest BCUT2D eigenvalue weighted by atomic mass is 19.1. The van der Waals surface area contributed by atoms with Crippen LogP contribution in [0.25, 0.3) is 28.3 Å². The number of ether oxygens (including phenoxy) is 2. The summed E-state index contributed by atoms with van der Waals surface area (Å²) in [5.41, 5.74) is 4.51. The summed E-state index contributed by atoms with van der Waals surface area (Å²) in [6.45, 7) is 4.12. The number of nitrogens with zero attached hydrogens (tertiary/aromatic N) is 2. The van der Waals surface area contributed by atoms with Gasteiger partial charge in [-0.1, -0.05) is 85.4 Å². The largest absolute Gasteiger partial charge is 0.487 e. The minimum Gasteiger partial charge on any atom is -0.487 e. The molecule has 4 atom stereocenters. The lowest BCUT2D eigenvalue weighted by molar-refractivity contribution is -0.130. The molecular weight excluding hydrogens is 610 g/mol. The Kier molecular flexibility index (Phi) is 10.3.